The molecule has 1 aromatic heterocycles. The molecule has 0 unspecified atom stereocenters. The minimum Gasteiger partial charge on any atom is -0.497 e. The van der Waals surface area contributed by atoms with Gasteiger partial charge in [0.05, 0.1) is 43.6 Å². The number of rotatable bonds is 10. The van der Waals surface area contributed by atoms with Crippen LogP contribution < -0.4 is 23.9 Å². The zero-order chi connectivity index (χ0) is 28.0. The molecule has 0 radical (unpaired) electrons. The van der Waals surface area contributed by atoms with E-state index < -0.39 is 22.5 Å². The van der Waals surface area contributed by atoms with E-state index in [1.165, 1.54) is 44.7 Å². The number of halogens is 1. The van der Waals surface area contributed by atoms with E-state index in [1.807, 2.05) is 6.07 Å². The highest BCUT2D eigenvalue weighted by molar-refractivity contribution is 7.92. The fourth-order valence-corrected chi connectivity index (χ4v) is 5.35. The first-order valence-corrected chi connectivity index (χ1v) is 13.3. The van der Waals surface area contributed by atoms with E-state index in [1.54, 1.807) is 49.6 Å². The van der Waals surface area contributed by atoms with Crippen LogP contribution in [0.2, 0.25) is 5.15 Å². The fraction of sp³-hybridized carbons (Fsp3) is 0.148. The molecule has 10 nitrogen and oxygen atoms in total. The van der Waals surface area contributed by atoms with Crippen molar-refractivity contribution in [1.29, 1.82) is 0 Å². The van der Waals surface area contributed by atoms with Crippen molar-refractivity contribution < 1.29 is 27.4 Å². The van der Waals surface area contributed by atoms with Crippen molar-refractivity contribution in [3.05, 3.63) is 83.5 Å². The summed E-state index contributed by atoms with van der Waals surface area (Å²) in [6, 6.07) is 19.5. The van der Waals surface area contributed by atoms with E-state index in [0.29, 0.717) is 22.6 Å². The number of carbonyl (C=O) groups excluding carboxylic acids is 1. The highest BCUT2D eigenvalue weighted by Gasteiger charge is 2.29. The van der Waals surface area contributed by atoms with E-state index in [0.717, 1.165) is 9.69 Å². The fourth-order valence-electron chi connectivity index (χ4n) is 3.71. The molecular formula is C27H25ClN4O6S. The van der Waals surface area contributed by atoms with Crippen LogP contribution in [0.3, 0.4) is 0 Å². The molecule has 4 aromatic rings. The third-order valence-corrected chi connectivity index (χ3v) is 7.75. The maximum absolute atomic E-state index is 13.6. The van der Waals surface area contributed by atoms with Crippen LogP contribution >= 0.6 is 11.6 Å². The number of hydrogen-bond acceptors (Lipinski definition) is 8. The average molecular weight is 569 g/mol. The van der Waals surface area contributed by atoms with Gasteiger partial charge in [0.2, 0.25) is 0 Å². The number of fused-ring (bicyclic) bond motifs is 1. The molecule has 0 aliphatic heterocycles. The molecule has 202 valence electrons. The number of nitrogens with zero attached hydrogens (tertiary/aromatic N) is 3. The Balaban J connectivity index is 1.60. The monoisotopic (exact) mass is 568 g/mol. The summed E-state index contributed by atoms with van der Waals surface area (Å²) >= 11 is 6.30. The van der Waals surface area contributed by atoms with Gasteiger partial charge in [0.15, 0.2) is 0 Å². The van der Waals surface area contributed by atoms with Gasteiger partial charge in [-0.15, -0.1) is 0 Å². The topological polar surface area (TPSA) is 119 Å². The first kappa shape index (κ1) is 27.7. The maximum atomic E-state index is 13.6. The number of sulfonamides is 1. The largest absolute Gasteiger partial charge is 0.497 e. The van der Waals surface area contributed by atoms with E-state index in [2.05, 4.69) is 15.5 Å². The summed E-state index contributed by atoms with van der Waals surface area (Å²) in [5, 5.41) is 4.93. The standard InChI is InChI=1S/C27H25ClN4O6S/c1-36-20-10-9-18-13-19(27(28)30-23(18)14-20)16-29-31-26(33)17-32(39(34,35)22-7-5-4-6-8-22)24-12-11-21(37-2)15-25(24)38-3/h4-16H,17H2,1-3H3,(H,31,33)/b29-16-. The second-order valence-electron chi connectivity index (χ2n) is 8.08. The first-order valence-electron chi connectivity index (χ1n) is 11.5. The summed E-state index contributed by atoms with van der Waals surface area (Å²) in [7, 11) is 0.277. The molecule has 12 heteroatoms. The molecule has 1 heterocycles. The van der Waals surface area contributed by atoms with Crippen LogP contribution in [0.25, 0.3) is 10.9 Å². The molecule has 1 amide bonds. The molecule has 39 heavy (non-hydrogen) atoms. The van der Waals surface area contributed by atoms with Gasteiger partial charge in [0.25, 0.3) is 15.9 Å². The van der Waals surface area contributed by atoms with Gasteiger partial charge in [-0.3, -0.25) is 9.10 Å². The van der Waals surface area contributed by atoms with Gasteiger partial charge in [0, 0.05) is 23.1 Å². The Bertz CT molecular complexity index is 1630. The zero-order valence-corrected chi connectivity index (χ0v) is 22.9. The molecular weight excluding hydrogens is 544 g/mol. The van der Waals surface area contributed by atoms with Crippen LogP contribution in [-0.2, 0) is 14.8 Å². The molecule has 0 spiro atoms. The first-order chi connectivity index (χ1) is 18.8. The molecule has 0 aliphatic carbocycles. The lowest BCUT2D eigenvalue weighted by molar-refractivity contribution is -0.119. The number of amides is 1. The second kappa shape index (κ2) is 12.0. The number of pyridine rings is 1. The number of benzene rings is 3. The summed E-state index contributed by atoms with van der Waals surface area (Å²) in [5.74, 6) is 0.610. The number of aromatic nitrogens is 1. The molecule has 0 atom stereocenters. The van der Waals surface area contributed by atoms with Crippen molar-refractivity contribution in [2.24, 2.45) is 5.10 Å². The van der Waals surface area contributed by atoms with Crippen LogP contribution in [0, 0.1) is 0 Å². The molecule has 0 aliphatic rings. The Labute approximate surface area is 230 Å². The van der Waals surface area contributed by atoms with Gasteiger partial charge in [0.1, 0.15) is 28.9 Å². The lowest BCUT2D eigenvalue weighted by Gasteiger charge is -2.25. The van der Waals surface area contributed by atoms with Crippen LogP contribution in [0.4, 0.5) is 5.69 Å². The molecule has 0 bridgehead atoms. The summed E-state index contributed by atoms with van der Waals surface area (Å²) in [6.07, 6.45) is 1.33. The molecule has 3 aromatic carbocycles. The van der Waals surface area contributed by atoms with Gasteiger partial charge >= 0.3 is 0 Å². The lowest BCUT2D eigenvalue weighted by atomic mass is 10.1. The number of carbonyl (C=O) groups is 1. The van der Waals surface area contributed by atoms with Crippen LogP contribution in [-0.4, -0.2) is 53.4 Å². The van der Waals surface area contributed by atoms with Gasteiger partial charge in [-0.25, -0.2) is 18.8 Å². The number of methoxy groups -OCH3 is 3. The summed E-state index contributed by atoms with van der Waals surface area (Å²) < 4.78 is 44.0. The Morgan fingerprint density at radius 3 is 2.36 bits per heavy atom. The van der Waals surface area contributed by atoms with E-state index >= 15 is 0 Å². The molecule has 0 fully saturated rings. The predicted octanol–water partition coefficient (Wildman–Crippen LogP) is 4.26. The Morgan fingerprint density at radius 2 is 1.67 bits per heavy atom. The summed E-state index contributed by atoms with van der Waals surface area (Å²) in [5.41, 5.74) is 3.61. The molecule has 1 N–H and O–H groups in total. The van der Waals surface area contributed by atoms with Crippen molar-refractivity contribution in [2.45, 2.75) is 4.90 Å². The number of hydrazone groups is 1. The minimum atomic E-state index is -4.16. The number of ether oxygens (including phenoxy) is 3. The van der Waals surface area contributed by atoms with Gasteiger partial charge < -0.3 is 14.2 Å². The zero-order valence-electron chi connectivity index (χ0n) is 21.3. The Hall–Kier alpha value is -4.35. The third-order valence-electron chi connectivity index (χ3n) is 5.67. The smallest absolute Gasteiger partial charge is 0.264 e. The van der Waals surface area contributed by atoms with Crippen LogP contribution in [0.1, 0.15) is 5.56 Å². The average Bonchev–Trinajstić information content (AvgIpc) is 2.96. The minimum absolute atomic E-state index is 0.00447. The van der Waals surface area contributed by atoms with E-state index in [-0.39, 0.29) is 21.5 Å². The number of nitrogens with one attached hydrogen (secondary N) is 1. The quantitative estimate of drug-likeness (QED) is 0.172. The van der Waals surface area contributed by atoms with Gasteiger partial charge in [-0.05, 0) is 42.5 Å². The second-order valence-corrected chi connectivity index (χ2v) is 10.3. The maximum Gasteiger partial charge on any atom is 0.264 e. The number of hydrogen-bond donors (Lipinski definition) is 1. The normalized spacial score (nSPS) is 11.4. The van der Waals surface area contributed by atoms with Crippen molar-refractivity contribution in [2.75, 3.05) is 32.2 Å². The summed E-state index contributed by atoms with van der Waals surface area (Å²) in [4.78, 5) is 17.3. The summed E-state index contributed by atoms with van der Waals surface area (Å²) in [6.45, 7) is -0.583. The molecule has 0 saturated heterocycles. The third kappa shape index (κ3) is 6.21. The SMILES string of the molecule is COc1ccc(N(CC(=O)N/N=C\c2cc3ccc(OC)cc3nc2Cl)S(=O)(=O)c2ccccc2)c(OC)c1. The van der Waals surface area contributed by atoms with Crippen molar-refractivity contribution in [3.8, 4) is 17.2 Å². The van der Waals surface area contributed by atoms with Gasteiger partial charge in [-0.1, -0.05) is 29.8 Å². The van der Waals surface area contributed by atoms with Gasteiger partial charge in [-0.2, -0.15) is 5.10 Å². The van der Waals surface area contributed by atoms with E-state index in [9.17, 15) is 13.2 Å². The molecule has 4 rings (SSSR count). The van der Waals surface area contributed by atoms with Crippen molar-refractivity contribution in [1.82, 2.24) is 10.4 Å². The van der Waals surface area contributed by atoms with Crippen LogP contribution in [0.15, 0.2) is 82.8 Å². The Kier molecular flexibility index (Phi) is 8.52. The highest BCUT2D eigenvalue weighted by Crippen LogP contribution is 2.35. The molecule has 0 saturated carbocycles. The predicted molar refractivity (Wildman–Crippen MR) is 150 cm³/mol. The van der Waals surface area contributed by atoms with E-state index in [4.69, 9.17) is 25.8 Å². The van der Waals surface area contributed by atoms with Crippen LogP contribution in [0.5, 0.6) is 17.2 Å². The van der Waals surface area contributed by atoms with Crippen molar-refractivity contribution in [3.63, 3.8) is 0 Å². The van der Waals surface area contributed by atoms with Crippen molar-refractivity contribution >= 4 is 50.3 Å². The lowest BCUT2D eigenvalue weighted by Crippen LogP contribution is -2.39. The highest BCUT2D eigenvalue weighted by atomic mass is 35.5. The number of anilines is 1. The Morgan fingerprint density at radius 1 is 0.974 bits per heavy atom.